The molecule has 0 amide bonds. The molecular formula is C16H11ClN2O2. The zero-order valence-corrected chi connectivity index (χ0v) is 11.6. The molecule has 4 nitrogen and oxygen atoms in total. The lowest BCUT2D eigenvalue weighted by atomic mass is 10.1. The number of para-hydroxylation sites is 2. The molecule has 0 aliphatic rings. The van der Waals surface area contributed by atoms with Crippen LogP contribution in [0.2, 0.25) is 5.02 Å². The number of fused-ring (bicyclic) bond motifs is 1. The molecule has 0 spiro atoms. The Hall–Kier alpha value is -2.59. The number of nitrogens with zero attached hydrogens (tertiary/aromatic N) is 1. The van der Waals surface area contributed by atoms with E-state index in [2.05, 4.69) is 9.97 Å². The van der Waals surface area contributed by atoms with Crippen molar-refractivity contribution in [2.24, 2.45) is 0 Å². The van der Waals surface area contributed by atoms with Crippen LogP contribution in [0.15, 0.2) is 53.3 Å². The van der Waals surface area contributed by atoms with Crippen LogP contribution in [0.3, 0.4) is 0 Å². The normalized spacial score (nSPS) is 11.8. The van der Waals surface area contributed by atoms with Crippen molar-refractivity contribution >= 4 is 34.5 Å². The fourth-order valence-corrected chi connectivity index (χ4v) is 2.19. The van der Waals surface area contributed by atoms with Gasteiger partial charge in [0.2, 0.25) is 0 Å². The van der Waals surface area contributed by atoms with Crippen molar-refractivity contribution in [2.75, 3.05) is 0 Å². The summed E-state index contributed by atoms with van der Waals surface area (Å²) in [7, 11) is 0. The molecule has 0 aliphatic carbocycles. The molecule has 5 heteroatoms. The van der Waals surface area contributed by atoms with E-state index in [9.17, 15) is 9.90 Å². The zero-order valence-electron chi connectivity index (χ0n) is 10.9. The highest BCUT2D eigenvalue weighted by Gasteiger charge is 2.05. The Kier molecular flexibility index (Phi) is 3.46. The number of hydrogen-bond acceptors (Lipinski definition) is 3. The number of aliphatic hydroxyl groups excluding tert-OH is 1. The number of aromatic amines is 1. The second kappa shape index (κ2) is 5.42. The van der Waals surface area contributed by atoms with Crippen LogP contribution in [-0.4, -0.2) is 15.1 Å². The van der Waals surface area contributed by atoms with Gasteiger partial charge in [0, 0.05) is 16.7 Å². The van der Waals surface area contributed by atoms with Crippen LogP contribution in [0.25, 0.3) is 22.9 Å². The molecule has 104 valence electrons. The molecule has 0 aliphatic heterocycles. The molecule has 3 rings (SSSR count). The van der Waals surface area contributed by atoms with E-state index in [1.807, 2.05) is 12.1 Å². The van der Waals surface area contributed by atoms with Gasteiger partial charge in [0.1, 0.15) is 11.5 Å². The number of rotatable bonds is 2. The Labute approximate surface area is 125 Å². The van der Waals surface area contributed by atoms with Crippen molar-refractivity contribution in [2.45, 2.75) is 0 Å². The van der Waals surface area contributed by atoms with E-state index >= 15 is 0 Å². The standard InChI is InChI=1S/C16H11ClN2O2/c17-11-5-3-4-10(8-11)15(20)9-14-16(21)19-13-7-2-1-6-12(13)18-14/h1-9,20H,(H,19,21)/b15-9-. The lowest BCUT2D eigenvalue weighted by Crippen LogP contribution is -2.12. The van der Waals surface area contributed by atoms with Gasteiger partial charge in [0.05, 0.1) is 11.0 Å². The first kappa shape index (κ1) is 13.4. The smallest absolute Gasteiger partial charge is 0.274 e. The lowest BCUT2D eigenvalue weighted by Gasteiger charge is -2.02. The summed E-state index contributed by atoms with van der Waals surface area (Å²) in [4.78, 5) is 18.9. The summed E-state index contributed by atoms with van der Waals surface area (Å²) in [5.74, 6) is -0.0641. The Morgan fingerprint density at radius 1 is 1.19 bits per heavy atom. The summed E-state index contributed by atoms with van der Waals surface area (Å²) in [5.41, 5.74) is 1.62. The van der Waals surface area contributed by atoms with Crippen molar-refractivity contribution < 1.29 is 5.11 Å². The fraction of sp³-hybridized carbons (Fsp3) is 0. The lowest BCUT2D eigenvalue weighted by molar-refractivity contribution is 0.515. The second-order valence-corrected chi connectivity index (χ2v) is 4.94. The van der Waals surface area contributed by atoms with Crippen LogP contribution in [0.1, 0.15) is 11.3 Å². The van der Waals surface area contributed by atoms with Crippen LogP contribution in [0, 0.1) is 0 Å². The molecule has 0 fully saturated rings. The maximum absolute atomic E-state index is 12.0. The summed E-state index contributed by atoms with van der Waals surface area (Å²) in [6.07, 6.45) is 1.33. The van der Waals surface area contributed by atoms with E-state index in [0.717, 1.165) is 0 Å². The molecule has 0 atom stereocenters. The molecule has 0 saturated carbocycles. The molecule has 21 heavy (non-hydrogen) atoms. The summed E-state index contributed by atoms with van der Waals surface area (Å²) < 4.78 is 0. The second-order valence-electron chi connectivity index (χ2n) is 4.51. The Bertz CT molecular complexity index is 900. The zero-order chi connectivity index (χ0) is 14.8. The van der Waals surface area contributed by atoms with Crippen molar-refractivity contribution in [1.82, 2.24) is 9.97 Å². The number of halogens is 1. The van der Waals surface area contributed by atoms with Gasteiger partial charge in [-0.15, -0.1) is 0 Å². The van der Waals surface area contributed by atoms with Crippen LogP contribution in [0.5, 0.6) is 0 Å². The van der Waals surface area contributed by atoms with Gasteiger partial charge in [-0.2, -0.15) is 0 Å². The van der Waals surface area contributed by atoms with Crippen molar-refractivity contribution in [3.8, 4) is 0 Å². The number of aliphatic hydroxyl groups is 1. The number of H-pyrrole nitrogens is 1. The first-order chi connectivity index (χ1) is 10.1. The quantitative estimate of drug-likeness (QED) is 0.710. The summed E-state index contributed by atoms with van der Waals surface area (Å²) >= 11 is 5.88. The van der Waals surface area contributed by atoms with E-state index < -0.39 is 0 Å². The van der Waals surface area contributed by atoms with Gasteiger partial charge in [-0.25, -0.2) is 4.98 Å². The highest BCUT2D eigenvalue weighted by atomic mass is 35.5. The average Bonchev–Trinajstić information content (AvgIpc) is 2.48. The Morgan fingerprint density at radius 2 is 2.00 bits per heavy atom. The number of aromatic nitrogens is 2. The number of nitrogens with one attached hydrogen (secondary N) is 1. The van der Waals surface area contributed by atoms with Crippen LogP contribution in [-0.2, 0) is 0 Å². The van der Waals surface area contributed by atoms with Gasteiger partial charge in [0.25, 0.3) is 5.56 Å². The third-order valence-corrected chi connectivity index (χ3v) is 3.25. The molecule has 2 aromatic carbocycles. The van der Waals surface area contributed by atoms with Crippen LogP contribution >= 0.6 is 11.6 Å². The highest BCUT2D eigenvalue weighted by molar-refractivity contribution is 6.30. The van der Waals surface area contributed by atoms with Gasteiger partial charge in [-0.1, -0.05) is 35.9 Å². The van der Waals surface area contributed by atoms with Gasteiger partial charge in [0.15, 0.2) is 0 Å². The molecule has 0 radical (unpaired) electrons. The van der Waals surface area contributed by atoms with Crippen molar-refractivity contribution in [1.29, 1.82) is 0 Å². The fourth-order valence-electron chi connectivity index (χ4n) is 2.00. The van der Waals surface area contributed by atoms with E-state index in [-0.39, 0.29) is 17.0 Å². The van der Waals surface area contributed by atoms with Gasteiger partial charge < -0.3 is 10.1 Å². The average molecular weight is 299 g/mol. The Morgan fingerprint density at radius 3 is 2.81 bits per heavy atom. The third-order valence-electron chi connectivity index (χ3n) is 3.02. The van der Waals surface area contributed by atoms with E-state index in [4.69, 9.17) is 11.6 Å². The van der Waals surface area contributed by atoms with Gasteiger partial charge >= 0.3 is 0 Å². The molecular weight excluding hydrogens is 288 g/mol. The minimum absolute atomic E-state index is 0.0641. The van der Waals surface area contributed by atoms with Crippen LogP contribution in [0.4, 0.5) is 0 Å². The largest absolute Gasteiger partial charge is 0.507 e. The first-order valence-corrected chi connectivity index (χ1v) is 6.67. The maximum Gasteiger partial charge on any atom is 0.274 e. The van der Waals surface area contributed by atoms with E-state index in [1.165, 1.54) is 6.08 Å². The van der Waals surface area contributed by atoms with Gasteiger partial charge in [-0.05, 0) is 24.3 Å². The first-order valence-electron chi connectivity index (χ1n) is 6.29. The molecule has 1 heterocycles. The summed E-state index contributed by atoms with van der Waals surface area (Å²) in [6.45, 7) is 0. The molecule has 0 unspecified atom stereocenters. The molecule has 0 saturated heterocycles. The minimum atomic E-state index is -0.359. The summed E-state index contributed by atoms with van der Waals surface area (Å²) in [6, 6.07) is 14.0. The minimum Gasteiger partial charge on any atom is -0.507 e. The monoisotopic (exact) mass is 298 g/mol. The number of hydrogen-bond donors (Lipinski definition) is 2. The SMILES string of the molecule is O=c1[nH]c2ccccc2nc1/C=C(\O)c1cccc(Cl)c1. The molecule has 1 aromatic heterocycles. The molecule has 3 aromatic rings. The maximum atomic E-state index is 12.0. The predicted octanol–water partition coefficient (Wildman–Crippen LogP) is 3.63. The molecule has 2 N–H and O–H groups in total. The molecule has 0 bridgehead atoms. The van der Waals surface area contributed by atoms with Crippen molar-refractivity contribution in [3.63, 3.8) is 0 Å². The van der Waals surface area contributed by atoms with Crippen LogP contribution < -0.4 is 5.56 Å². The van der Waals surface area contributed by atoms with E-state index in [0.29, 0.717) is 21.6 Å². The highest BCUT2D eigenvalue weighted by Crippen LogP contribution is 2.18. The van der Waals surface area contributed by atoms with Crippen molar-refractivity contribution in [3.05, 3.63) is 75.2 Å². The van der Waals surface area contributed by atoms with E-state index in [1.54, 1.807) is 36.4 Å². The summed E-state index contributed by atoms with van der Waals surface area (Å²) in [5, 5.41) is 10.6. The topological polar surface area (TPSA) is 66.0 Å². The number of benzene rings is 2. The predicted molar refractivity (Wildman–Crippen MR) is 84.3 cm³/mol. The van der Waals surface area contributed by atoms with Gasteiger partial charge in [-0.3, -0.25) is 4.79 Å². The third kappa shape index (κ3) is 2.80. The Balaban J connectivity index is 2.10.